The summed E-state index contributed by atoms with van der Waals surface area (Å²) in [6, 6.07) is 29.2. The number of nitrogens with two attached hydrogens (primary N) is 1. The molecule has 118 valence electrons. The van der Waals surface area contributed by atoms with Gasteiger partial charge in [0.2, 0.25) is 7.37 Å². The average molecular weight is 325 g/mol. The van der Waals surface area contributed by atoms with Crippen LogP contribution in [0.15, 0.2) is 91.0 Å². The van der Waals surface area contributed by atoms with Gasteiger partial charge in [0.05, 0.1) is 6.29 Å². The van der Waals surface area contributed by atoms with Crippen molar-refractivity contribution in [3.63, 3.8) is 0 Å². The Labute approximate surface area is 136 Å². The van der Waals surface area contributed by atoms with Crippen LogP contribution in [-0.4, -0.2) is 11.2 Å². The van der Waals surface area contributed by atoms with Crippen LogP contribution in [0, 0.1) is 0 Å². The smallest absolute Gasteiger partial charge is 0.242 e. The summed E-state index contributed by atoms with van der Waals surface area (Å²) in [6.07, 6.45) is -0.197. The second kappa shape index (κ2) is 8.44. The largest absolute Gasteiger partial charge is 0.340 e. The maximum Gasteiger partial charge on any atom is 0.242 e. The first-order chi connectivity index (χ1) is 11.1. The number of benzene rings is 3. The van der Waals surface area contributed by atoms with E-state index in [1.165, 1.54) is 11.1 Å². The molecule has 0 radical (unpaired) electrons. The predicted molar refractivity (Wildman–Crippen MR) is 96.8 cm³/mol. The summed E-state index contributed by atoms with van der Waals surface area (Å²) in [7, 11) is -3.25. The van der Waals surface area contributed by atoms with Gasteiger partial charge in [0, 0.05) is 5.30 Å². The van der Waals surface area contributed by atoms with Crippen LogP contribution >= 0.6 is 7.37 Å². The summed E-state index contributed by atoms with van der Waals surface area (Å²) < 4.78 is 11.2. The van der Waals surface area contributed by atoms with Crippen molar-refractivity contribution in [3.05, 3.63) is 91.0 Å². The van der Waals surface area contributed by atoms with E-state index in [1.54, 1.807) is 30.3 Å². The molecule has 3 rings (SSSR count). The monoisotopic (exact) mass is 325 g/mol. The fourth-order valence-electron chi connectivity index (χ4n) is 2.03. The van der Waals surface area contributed by atoms with Crippen LogP contribution in [0.1, 0.15) is 0 Å². The Morgan fingerprint density at radius 2 is 1.04 bits per heavy atom. The quantitative estimate of drug-likeness (QED) is 0.719. The second-order valence-electron chi connectivity index (χ2n) is 4.95. The number of hydrogen-bond acceptors (Lipinski definition) is 2. The first-order valence-corrected chi connectivity index (χ1v) is 9.16. The summed E-state index contributed by atoms with van der Waals surface area (Å²) in [5, 5.41) is 0.419. The van der Waals surface area contributed by atoms with Crippen molar-refractivity contribution in [1.29, 1.82) is 0 Å². The van der Waals surface area contributed by atoms with Gasteiger partial charge in [-0.15, -0.1) is 0 Å². The fraction of sp³-hybridized carbons (Fsp3) is 0.0526. The summed E-state index contributed by atoms with van der Waals surface area (Å²) >= 11 is 0. The van der Waals surface area contributed by atoms with E-state index in [0.29, 0.717) is 5.30 Å². The van der Waals surface area contributed by atoms with Crippen LogP contribution in [-0.2, 0) is 4.57 Å². The SMILES string of the molecule is NCP(=O)(O)c1ccccc1.c1ccc(-c2ccccc2)cc1. The molecule has 0 heterocycles. The third-order valence-electron chi connectivity index (χ3n) is 3.29. The van der Waals surface area contributed by atoms with E-state index < -0.39 is 7.37 Å². The maximum absolute atomic E-state index is 11.2. The van der Waals surface area contributed by atoms with Gasteiger partial charge in [0.1, 0.15) is 0 Å². The zero-order valence-corrected chi connectivity index (χ0v) is 13.6. The Bertz CT molecular complexity index is 709. The summed E-state index contributed by atoms with van der Waals surface area (Å²) in [6.45, 7) is 0. The zero-order chi connectivity index (χ0) is 16.5. The van der Waals surface area contributed by atoms with Crippen LogP contribution in [0.3, 0.4) is 0 Å². The Morgan fingerprint density at radius 1 is 0.696 bits per heavy atom. The zero-order valence-electron chi connectivity index (χ0n) is 12.7. The Morgan fingerprint density at radius 3 is 1.39 bits per heavy atom. The van der Waals surface area contributed by atoms with E-state index >= 15 is 0 Å². The molecule has 0 amide bonds. The molecule has 3 aromatic rings. The lowest BCUT2D eigenvalue weighted by Gasteiger charge is -2.07. The van der Waals surface area contributed by atoms with Crippen molar-refractivity contribution in [3.8, 4) is 11.1 Å². The Balaban J connectivity index is 0.000000168. The van der Waals surface area contributed by atoms with Crippen LogP contribution in [0.25, 0.3) is 11.1 Å². The van der Waals surface area contributed by atoms with Crippen molar-refractivity contribution in [2.24, 2.45) is 5.73 Å². The van der Waals surface area contributed by atoms with E-state index in [4.69, 9.17) is 5.73 Å². The van der Waals surface area contributed by atoms with Gasteiger partial charge >= 0.3 is 0 Å². The van der Waals surface area contributed by atoms with Gasteiger partial charge in [-0.1, -0.05) is 78.9 Å². The average Bonchev–Trinajstić information content (AvgIpc) is 2.64. The van der Waals surface area contributed by atoms with Gasteiger partial charge in [-0.05, 0) is 23.3 Å². The minimum atomic E-state index is -3.25. The highest BCUT2D eigenvalue weighted by Gasteiger charge is 2.17. The molecular formula is C19H20NO2P. The van der Waals surface area contributed by atoms with E-state index in [0.717, 1.165) is 0 Å². The van der Waals surface area contributed by atoms with Gasteiger partial charge in [-0.25, -0.2) is 0 Å². The lowest BCUT2D eigenvalue weighted by Crippen LogP contribution is -2.11. The van der Waals surface area contributed by atoms with Crippen molar-refractivity contribution in [2.75, 3.05) is 6.29 Å². The minimum Gasteiger partial charge on any atom is -0.340 e. The maximum atomic E-state index is 11.2. The molecule has 0 aliphatic carbocycles. The van der Waals surface area contributed by atoms with Gasteiger partial charge in [0.25, 0.3) is 0 Å². The summed E-state index contributed by atoms with van der Waals surface area (Å²) in [5.41, 5.74) is 7.68. The Kier molecular flexibility index (Phi) is 6.30. The topological polar surface area (TPSA) is 63.3 Å². The van der Waals surface area contributed by atoms with Crippen LogP contribution in [0.2, 0.25) is 0 Å². The van der Waals surface area contributed by atoms with Gasteiger partial charge in [-0.3, -0.25) is 4.57 Å². The molecule has 0 aliphatic rings. The first kappa shape index (κ1) is 17.2. The summed E-state index contributed by atoms with van der Waals surface area (Å²) in [5.74, 6) is 0. The highest BCUT2D eigenvalue weighted by molar-refractivity contribution is 7.65. The molecule has 0 saturated heterocycles. The predicted octanol–water partition coefficient (Wildman–Crippen LogP) is 3.85. The molecule has 1 unspecified atom stereocenters. The molecule has 3 aromatic carbocycles. The van der Waals surface area contributed by atoms with Gasteiger partial charge < -0.3 is 10.6 Å². The third kappa shape index (κ3) is 5.19. The van der Waals surface area contributed by atoms with Crippen LogP contribution < -0.4 is 11.0 Å². The molecular weight excluding hydrogens is 305 g/mol. The molecule has 4 heteroatoms. The molecule has 23 heavy (non-hydrogen) atoms. The van der Waals surface area contributed by atoms with Crippen LogP contribution in [0.4, 0.5) is 0 Å². The van der Waals surface area contributed by atoms with Gasteiger partial charge in [0.15, 0.2) is 0 Å². The van der Waals surface area contributed by atoms with Crippen molar-refractivity contribution < 1.29 is 9.46 Å². The third-order valence-corrected chi connectivity index (χ3v) is 4.89. The van der Waals surface area contributed by atoms with Crippen molar-refractivity contribution >= 4 is 12.7 Å². The van der Waals surface area contributed by atoms with E-state index in [2.05, 4.69) is 48.5 Å². The minimum absolute atomic E-state index is 0.197. The second-order valence-corrected chi connectivity index (χ2v) is 7.24. The van der Waals surface area contributed by atoms with Gasteiger partial charge in [-0.2, -0.15) is 0 Å². The standard InChI is InChI=1S/C12H10.C7H10NO2P/c1-3-7-11(8-4-1)12-9-5-2-6-10-12;8-6-11(9,10)7-4-2-1-3-5-7/h1-10H;1-5H,6,8H2,(H,9,10). The molecule has 0 bridgehead atoms. The molecule has 0 aliphatic heterocycles. The molecule has 0 spiro atoms. The molecule has 0 saturated carbocycles. The molecule has 3 N–H and O–H groups in total. The molecule has 1 atom stereocenters. The molecule has 3 nitrogen and oxygen atoms in total. The van der Waals surface area contributed by atoms with Crippen molar-refractivity contribution in [1.82, 2.24) is 0 Å². The van der Waals surface area contributed by atoms with E-state index in [1.807, 2.05) is 12.1 Å². The first-order valence-electron chi connectivity index (χ1n) is 7.31. The highest BCUT2D eigenvalue weighted by atomic mass is 31.2. The number of hydrogen-bond donors (Lipinski definition) is 2. The highest BCUT2D eigenvalue weighted by Crippen LogP contribution is 2.36. The lowest BCUT2D eigenvalue weighted by atomic mass is 10.1. The molecule has 0 fully saturated rings. The summed E-state index contributed by atoms with van der Waals surface area (Å²) in [4.78, 5) is 9.23. The Hall–Kier alpha value is -2.19. The van der Waals surface area contributed by atoms with E-state index in [9.17, 15) is 9.46 Å². The lowest BCUT2D eigenvalue weighted by molar-refractivity contribution is 0.490. The fourth-order valence-corrected chi connectivity index (χ4v) is 2.88. The number of rotatable bonds is 3. The van der Waals surface area contributed by atoms with Crippen molar-refractivity contribution in [2.45, 2.75) is 0 Å². The van der Waals surface area contributed by atoms with E-state index in [-0.39, 0.29) is 6.29 Å². The normalized spacial score (nSPS) is 12.6. The van der Waals surface area contributed by atoms with Crippen LogP contribution in [0.5, 0.6) is 0 Å². The molecule has 0 aromatic heterocycles.